The second-order valence-electron chi connectivity index (χ2n) is 6.76. The van der Waals surface area contributed by atoms with Gasteiger partial charge in [-0.2, -0.15) is 0 Å². The highest BCUT2D eigenvalue weighted by Crippen LogP contribution is 2.33. The van der Waals surface area contributed by atoms with E-state index in [0.29, 0.717) is 0 Å². The van der Waals surface area contributed by atoms with Crippen molar-refractivity contribution >= 4 is 33.1 Å². The zero-order valence-corrected chi connectivity index (χ0v) is 14.9. The van der Waals surface area contributed by atoms with Crippen molar-refractivity contribution in [1.82, 2.24) is 4.98 Å². The van der Waals surface area contributed by atoms with Gasteiger partial charge in [-0.05, 0) is 56.7 Å². The molecule has 0 unspecified atom stereocenters. The number of anilines is 1. The molecule has 0 aliphatic heterocycles. The van der Waals surface area contributed by atoms with Crippen molar-refractivity contribution in [2.24, 2.45) is 11.8 Å². The Labute approximate surface area is 142 Å². The first kappa shape index (κ1) is 16.4. The number of fused-ring (bicyclic) bond motifs is 1. The van der Waals surface area contributed by atoms with E-state index in [1.54, 1.807) is 11.3 Å². The van der Waals surface area contributed by atoms with Crippen LogP contribution in [0.4, 0.5) is 5.69 Å². The van der Waals surface area contributed by atoms with Crippen LogP contribution in [0.5, 0.6) is 0 Å². The smallest absolute Gasteiger partial charge is 0.227 e. The maximum atomic E-state index is 12.5. The van der Waals surface area contributed by atoms with Crippen molar-refractivity contribution in [2.45, 2.75) is 58.8 Å². The van der Waals surface area contributed by atoms with Crippen LogP contribution in [-0.4, -0.2) is 10.9 Å². The van der Waals surface area contributed by atoms with Gasteiger partial charge < -0.3 is 5.32 Å². The third-order valence-electron chi connectivity index (χ3n) is 4.95. The average molecular weight is 330 g/mol. The predicted molar refractivity (Wildman–Crippen MR) is 98.0 cm³/mol. The Kier molecular flexibility index (Phi) is 5.31. The second-order valence-corrected chi connectivity index (χ2v) is 8.00. The number of carbonyl (C=O) groups is 1. The minimum atomic E-state index is 0.187. The molecule has 1 aliphatic rings. The van der Waals surface area contributed by atoms with Gasteiger partial charge in [0.05, 0.1) is 15.2 Å². The summed E-state index contributed by atoms with van der Waals surface area (Å²) in [5.74, 6) is 1.22. The molecule has 0 spiro atoms. The Balaban J connectivity index is 1.56. The fourth-order valence-electron chi connectivity index (χ4n) is 3.57. The lowest BCUT2D eigenvalue weighted by molar-refractivity contribution is -0.121. The highest BCUT2D eigenvalue weighted by Gasteiger charge is 2.26. The molecular formula is C19H26N2OS. The molecule has 124 valence electrons. The van der Waals surface area contributed by atoms with E-state index in [2.05, 4.69) is 17.2 Å². The molecule has 0 atom stereocenters. The number of hydrogen-bond acceptors (Lipinski definition) is 3. The second kappa shape index (κ2) is 7.43. The average Bonchev–Trinajstić information content (AvgIpc) is 2.92. The number of rotatable bonds is 5. The van der Waals surface area contributed by atoms with Crippen molar-refractivity contribution in [3.05, 3.63) is 23.2 Å². The summed E-state index contributed by atoms with van der Waals surface area (Å²) in [4.78, 5) is 17.0. The number of benzene rings is 1. The first-order valence-electron chi connectivity index (χ1n) is 8.83. The van der Waals surface area contributed by atoms with Gasteiger partial charge >= 0.3 is 0 Å². The van der Waals surface area contributed by atoms with Gasteiger partial charge in [0.2, 0.25) is 5.91 Å². The molecule has 3 nitrogen and oxygen atoms in total. The largest absolute Gasteiger partial charge is 0.326 e. The maximum absolute atomic E-state index is 12.5. The van der Waals surface area contributed by atoms with Crippen molar-refractivity contribution in [2.75, 3.05) is 5.32 Å². The Morgan fingerprint density at radius 2 is 2.09 bits per heavy atom. The number of thiazole rings is 1. The van der Waals surface area contributed by atoms with E-state index in [9.17, 15) is 4.79 Å². The van der Waals surface area contributed by atoms with Gasteiger partial charge in [0, 0.05) is 11.6 Å². The van der Waals surface area contributed by atoms with Crippen molar-refractivity contribution < 1.29 is 4.79 Å². The first-order valence-corrected chi connectivity index (χ1v) is 9.65. The van der Waals surface area contributed by atoms with Crippen LogP contribution < -0.4 is 5.32 Å². The number of carbonyl (C=O) groups excluding carboxylic acids is 1. The lowest BCUT2D eigenvalue weighted by atomic mass is 9.79. The van der Waals surface area contributed by atoms with Crippen LogP contribution in [0.2, 0.25) is 0 Å². The number of amides is 1. The molecule has 1 fully saturated rings. The van der Waals surface area contributed by atoms with Crippen LogP contribution in [0.15, 0.2) is 18.2 Å². The summed E-state index contributed by atoms with van der Waals surface area (Å²) < 4.78 is 1.14. The van der Waals surface area contributed by atoms with Gasteiger partial charge in [0.15, 0.2) is 0 Å². The molecule has 1 aromatic carbocycles. The van der Waals surface area contributed by atoms with Crippen LogP contribution >= 0.6 is 11.3 Å². The molecule has 4 heteroatoms. The standard InChI is InChI=1S/C19H26N2OS/c1-3-4-5-14-6-8-15(9-7-14)19(22)21-16-10-11-17-18(12-16)23-13(2)20-17/h10-12,14-15H,3-9H2,1-2H3,(H,21,22). The van der Waals surface area contributed by atoms with E-state index < -0.39 is 0 Å². The molecule has 1 heterocycles. The molecule has 0 radical (unpaired) electrons. The fraction of sp³-hybridized carbons (Fsp3) is 0.579. The third kappa shape index (κ3) is 4.11. The molecule has 2 aromatic rings. The zero-order valence-electron chi connectivity index (χ0n) is 14.1. The van der Waals surface area contributed by atoms with Crippen molar-refractivity contribution in [3.63, 3.8) is 0 Å². The molecule has 1 N–H and O–H groups in total. The topological polar surface area (TPSA) is 42.0 Å². The summed E-state index contributed by atoms with van der Waals surface area (Å²) >= 11 is 1.67. The molecule has 23 heavy (non-hydrogen) atoms. The Bertz CT molecular complexity index is 671. The SMILES string of the molecule is CCCCC1CCC(C(=O)Nc2ccc3nc(C)sc3c2)CC1. The van der Waals surface area contributed by atoms with E-state index in [-0.39, 0.29) is 11.8 Å². The van der Waals surface area contributed by atoms with E-state index in [0.717, 1.165) is 39.7 Å². The Morgan fingerprint density at radius 1 is 1.30 bits per heavy atom. The summed E-state index contributed by atoms with van der Waals surface area (Å²) in [7, 11) is 0. The summed E-state index contributed by atoms with van der Waals surface area (Å²) in [6, 6.07) is 6.01. The predicted octanol–water partition coefficient (Wildman–Crippen LogP) is 5.54. The molecule has 1 aliphatic carbocycles. The van der Waals surface area contributed by atoms with E-state index in [1.165, 1.54) is 32.1 Å². The Hall–Kier alpha value is -1.42. The summed E-state index contributed by atoms with van der Waals surface area (Å²) in [6.45, 7) is 4.26. The fourth-order valence-corrected chi connectivity index (χ4v) is 4.43. The first-order chi connectivity index (χ1) is 11.2. The summed E-state index contributed by atoms with van der Waals surface area (Å²) in [5.41, 5.74) is 1.92. The lowest BCUT2D eigenvalue weighted by Crippen LogP contribution is -2.27. The highest BCUT2D eigenvalue weighted by atomic mass is 32.1. The van der Waals surface area contributed by atoms with Gasteiger partial charge in [-0.1, -0.05) is 26.2 Å². The molecule has 1 amide bonds. The maximum Gasteiger partial charge on any atom is 0.227 e. The molecule has 0 saturated heterocycles. The normalized spacial score (nSPS) is 21.5. The molecular weight excluding hydrogens is 304 g/mol. The monoisotopic (exact) mass is 330 g/mol. The number of aromatic nitrogens is 1. The molecule has 1 saturated carbocycles. The quantitative estimate of drug-likeness (QED) is 0.782. The lowest BCUT2D eigenvalue weighted by Gasteiger charge is -2.27. The molecule has 1 aromatic heterocycles. The van der Waals surface area contributed by atoms with Crippen LogP contribution in [0.25, 0.3) is 10.2 Å². The van der Waals surface area contributed by atoms with Crippen LogP contribution in [0, 0.1) is 18.8 Å². The summed E-state index contributed by atoms with van der Waals surface area (Å²) in [6.07, 6.45) is 8.46. The third-order valence-corrected chi connectivity index (χ3v) is 5.88. The van der Waals surface area contributed by atoms with E-state index in [1.807, 2.05) is 25.1 Å². The van der Waals surface area contributed by atoms with Gasteiger partial charge in [-0.25, -0.2) is 4.98 Å². The minimum Gasteiger partial charge on any atom is -0.326 e. The van der Waals surface area contributed by atoms with Crippen molar-refractivity contribution in [3.8, 4) is 0 Å². The van der Waals surface area contributed by atoms with Crippen LogP contribution in [-0.2, 0) is 4.79 Å². The van der Waals surface area contributed by atoms with E-state index in [4.69, 9.17) is 0 Å². The van der Waals surface area contributed by atoms with Crippen molar-refractivity contribution in [1.29, 1.82) is 0 Å². The Morgan fingerprint density at radius 3 is 2.83 bits per heavy atom. The zero-order chi connectivity index (χ0) is 16.2. The van der Waals surface area contributed by atoms with Gasteiger partial charge in [-0.15, -0.1) is 11.3 Å². The van der Waals surface area contributed by atoms with Gasteiger partial charge in [0.1, 0.15) is 0 Å². The van der Waals surface area contributed by atoms with Crippen LogP contribution in [0.1, 0.15) is 56.9 Å². The van der Waals surface area contributed by atoms with Gasteiger partial charge in [0.25, 0.3) is 0 Å². The number of aryl methyl sites for hydroxylation is 1. The number of nitrogens with one attached hydrogen (secondary N) is 1. The van der Waals surface area contributed by atoms with Crippen LogP contribution in [0.3, 0.4) is 0 Å². The number of nitrogens with zero attached hydrogens (tertiary/aromatic N) is 1. The minimum absolute atomic E-state index is 0.187. The molecule has 3 rings (SSSR count). The summed E-state index contributed by atoms with van der Waals surface area (Å²) in [5, 5.41) is 4.17. The molecule has 0 bridgehead atoms. The van der Waals surface area contributed by atoms with E-state index >= 15 is 0 Å². The number of hydrogen-bond donors (Lipinski definition) is 1. The number of unbranched alkanes of at least 4 members (excludes halogenated alkanes) is 1. The van der Waals surface area contributed by atoms with Gasteiger partial charge in [-0.3, -0.25) is 4.79 Å². The highest BCUT2D eigenvalue weighted by molar-refractivity contribution is 7.18.